The van der Waals surface area contributed by atoms with Gasteiger partial charge in [0.05, 0.1) is 10.4 Å². The lowest BCUT2D eigenvalue weighted by Gasteiger charge is -2.14. The molecule has 2 nitrogen and oxygen atoms in total. The van der Waals surface area contributed by atoms with Gasteiger partial charge in [-0.1, -0.05) is 15.9 Å². The van der Waals surface area contributed by atoms with Crippen molar-refractivity contribution in [2.75, 3.05) is 0 Å². The number of hydrogen-bond acceptors (Lipinski definition) is 2. The number of carbonyl (C=O) groups is 1. The highest BCUT2D eigenvalue weighted by Crippen LogP contribution is 2.35. The maximum absolute atomic E-state index is 12.7. The molecule has 8 heteroatoms. The molecule has 0 heterocycles. The van der Waals surface area contributed by atoms with E-state index in [9.17, 15) is 26.7 Å². The van der Waals surface area contributed by atoms with E-state index in [1.54, 1.807) is 0 Å². The van der Waals surface area contributed by atoms with Crippen molar-refractivity contribution >= 4 is 21.7 Å². The van der Waals surface area contributed by atoms with E-state index in [1.807, 2.05) is 0 Å². The first-order chi connectivity index (χ1) is 8.62. The van der Waals surface area contributed by atoms with Crippen LogP contribution in [0.4, 0.5) is 22.0 Å². The van der Waals surface area contributed by atoms with E-state index in [2.05, 4.69) is 20.7 Å². The summed E-state index contributed by atoms with van der Waals surface area (Å²) in [5.74, 6) is -1.37. The molecular weight excluding hydrogens is 339 g/mol. The zero-order valence-corrected chi connectivity index (χ0v) is 11.1. The minimum atomic E-state index is -4.75. The lowest BCUT2D eigenvalue weighted by atomic mass is 10.0. The monoisotopic (exact) mass is 346 g/mol. The van der Waals surface area contributed by atoms with Crippen molar-refractivity contribution in [3.63, 3.8) is 0 Å². The van der Waals surface area contributed by atoms with Gasteiger partial charge in [0.25, 0.3) is 0 Å². The number of hydrogen-bond donors (Lipinski definition) is 0. The smallest absolute Gasteiger partial charge is 0.417 e. The number of ether oxygens (including phenoxy) is 1. The van der Waals surface area contributed by atoms with Crippen LogP contribution in [0, 0.1) is 0 Å². The lowest BCUT2D eigenvalue weighted by molar-refractivity contribution is -0.137. The second kappa shape index (κ2) is 5.85. The third-order valence-electron chi connectivity index (χ3n) is 2.15. The molecule has 106 valence electrons. The molecule has 0 aliphatic heterocycles. The molecule has 19 heavy (non-hydrogen) atoms. The summed E-state index contributed by atoms with van der Waals surface area (Å²) in [6.07, 6.45) is -4.75. The van der Waals surface area contributed by atoms with Gasteiger partial charge in [-0.15, -0.1) is 0 Å². The first-order valence-corrected chi connectivity index (χ1v) is 5.89. The van der Waals surface area contributed by atoms with Crippen LogP contribution in [-0.2, 0) is 6.18 Å². The number of Topliss-reactive ketones (excluding diaryl/α,β-unsaturated/α-hetero) is 1. The van der Waals surface area contributed by atoms with E-state index in [0.717, 1.165) is 6.07 Å². The molecule has 1 aromatic rings. The van der Waals surface area contributed by atoms with Crippen molar-refractivity contribution in [3.05, 3.63) is 29.3 Å². The zero-order valence-electron chi connectivity index (χ0n) is 9.47. The van der Waals surface area contributed by atoms with Gasteiger partial charge in [-0.05, 0) is 25.1 Å². The minimum absolute atomic E-state index is 0.500. The fraction of sp³-hybridized carbons (Fsp3) is 0.364. The van der Waals surface area contributed by atoms with Crippen LogP contribution in [0.5, 0.6) is 5.75 Å². The minimum Gasteiger partial charge on any atom is -0.435 e. The summed E-state index contributed by atoms with van der Waals surface area (Å²) in [5.41, 5.74) is -1.90. The third kappa shape index (κ3) is 4.15. The molecule has 0 radical (unpaired) electrons. The van der Waals surface area contributed by atoms with Gasteiger partial charge in [0, 0.05) is 5.56 Å². The van der Waals surface area contributed by atoms with Crippen LogP contribution in [-0.4, -0.2) is 17.2 Å². The number of benzene rings is 1. The topological polar surface area (TPSA) is 26.3 Å². The van der Waals surface area contributed by atoms with E-state index in [-0.39, 0.29) is 0 Å². The van der Waals surface area contributed by atoms with Gasteiger partial charge in [-0.25, -0.2) is 0 Å². The third-order valence-corrected chi connectivity index (χ3v) is 2.56. The lowest BCUT2D eigenvalue weighted by Crippen LogP contribution is -2.18. The van der Waals surface area contributed by atoms with Gasteiger partial charge >= 0.3 is 12.8 Å². The second-order valence-electron chi connectivity index (χ2n) is 3.56. The normalized spacial score (nSPS) is 13.5. The largest absolute Gasteiger partial charge is 0.435 e. The summed E-state index contributed by atoms with van der Waals surface area (Å²) in [7, 11) is 0. The van der Waals surface area contributed by atoms with Crippen LogP contribution in [0.1, 0.15) is 22.8 Å². The Morgan fingerprint density at radius 2 is 1.89 bits per heavy atom. The summed E-state index contributed by atoms with van der Waals surface area (Å²) in [6.45, 7) is -1.84. The first-order valence-electron chi connectivity index (χ1n) is 4.97. The Balaban J connectivity index is 3.30. The Hall–Kier alpha value is -1.18. The SMILES string of the molecule is CC(Br)C(=O)c1cc(OC(F)F)ccc1C(F)(F)F. The molecule has 0 spiro atoms. The number of ketones is 1. The number of halogens is 6. The molecule has 0 saturated carbocycles. The fourth-order valence-corrected chi connectivity index (χ4v) is 1.61. The van der Waals surface area contributed by atoms with Gasteiger partial charge in [-0.2, -0.15) is 22.0 Å². The molecule has 0 amide bonds. The molecule has 1 unspecified atom stereocenters. The molecule has 1 rings (SSSR count). The number of rotatable bonds is 4. The summed E-state index contributed by atoms with van der Waals surface area (Å²) >= 11 is 2.85. The van der Waals surface area contributed by atoms with E-state index in [0.29, 0.717) is 12.1 Å². The van der Waals surface area contributed by atoms with Gasteiger partial charge < -0.3 is 4.74 Å². The molecule has 1 aromatic carbocycles. The highest BCUT2D eigenvalue weighted by Gasteiger charge is 2.36. The van der Waals surface area contributed by atoms with Crippen molar-refractivity contribution in [1.29, 1.82) is 0 Å². The highest BCUT2D eigenvalue weighted by molar-refractivity contribution is 9.10. The Bertz CT molecular complexity index is 471. The van der Waals surface area contributed by atoms with Crippen LogP contribution in [0.25, 0.3) is 0 Å². The zero-order chi connectivity index (χ0) is 14.8. The van der Waals surface area contributed by atoms with E-state index < -0.39 is 40.3 Å². The number of alkyl halides is 6. The Kier molecular flexibility index (Phi) is 4.89. The molecule has 0 saturated heterocycles. The highest BCUT2D eigenvalue weighted by atomic mass is 79.9. The quantitative estimate of drug-likeness (QED) is 0.462. The summed E-state index contributed by atoms with van der Waals surface area (Å²) in [5, 5.41) is 0. The predicted molar refractivity (Wildman–Crippen MR) is 60.8 cm³/mol. The molecular formula is C11H8BrF5O2. The molecule has 1 atom stereocenters. The fourth-order valence-electron chi connectivity index (χ4n) is 1.36. The van der Waals surface area contributed by atoms with Crippen molar-refractivity contribution in [3.8, 4) is 5.75 Å². The van der Waals surface area contributed by atoms with Gasteiger partial charge in [0.1, 0.15) is 5.75 Å². The van der Waals surface area contributed by atoms with Crippen LogP contribution in [0.15, 0.2) is 18.2 Å². The standard InChI is InChI=1S/C11H8BrF5O2/c1-5(12)9(18)7-4-6(19-10(13)14)2-3-8(7)11(15,16)17/h2-5,10H,1H3. The molecule has 0 N–H and O–H groups in total. The van der Waals surface area contributed by atoms with Crippen LogP contribution in [0.2, 0.25) is 0 Å². The molecule has 0 bridgehead atoms. The maximum atomic E-state index is 12.7. The van der Waals surface area contributed by atoms with Crippen molar-refractivity contribution in [2.45, 2.75) is 24.5 Å². The van der Waals surface area contributed by atoms with Crippen LogP contribution in [0.3, 0.4) is 0 Å². The van der Waals surface area contributed by atoms with Gasteiger partial charge in [0.15, 0.2) is 5.78 Å². The van der Waals surface area contributed by atoms with E-state index in [4.69, 9.17) is 0 Å². The molecule has 0 aliphatic carbocycles. The van der Waals surface area contributed by atoms with Crippen LogP contribution >= 0.6 is 15.9 Å². The van der Waals surface area contributed by atoms with Crippen LogP contribution < -0.4 is 4.74 Å². The van der Waals surface area contributed by atoms with Gasteiger partial charge in [0.2, 0.25) is 0 Å². The van der Waals surface area contributed by atoms with E-state index >= 15 is 0 Å². The first kappa shape index (κ1) is 15.9. The van der Waals surface area contributed by atoms with E-state index in [1.165, 1.54) is 6.92 Å². The van der Waals surface area contributed by atoms with Crippen molar-refractivity contribution in [1.82, 2.24) is 0 Å². The molecule has 0 fully saturated rings. The molecule has 0 aliphatic rings. The maximum Gasteiger partial charge on any atom is 0.417 e. The number of carbonyl (C=O) groups excluding carboxylic acids is 1. The summed E-state index contributed by atoms with van der Waals surface area (Å²) in [4.78, 5) is 10.8. The summed E-state index contributed by atoms with van der Waals surface area (Å²) in [6, 6.07) is 1.94. The average molecular weight is 347 g/mol. The Labute approximate surface area is 113 Å². The van der Waals surface area contributed by atoms with Gasteiger partial charge in [-0.3, -0.25) is 4.79 Å². The molecule has 0 aromatic heterocycles. The summed E-state index contributed by atoms with van der Waals surface area (Å²) < 4.78 is 66.1. The Morgan fingerprint density at radius 3 is 2.32 bits per heavy atom. The Morgan fingerprint density at radius 1 is 1.32 bits per heavy atom. The average Bonchev–Trinajstić information content (AvgIpc) is 2.25. The predicted octanol–water partition coefficient (Wildman–Crippen LogP) is 4.27. The van der Waals surface area contributed by atoms with Crippen molar-refractivity contribution < 1.29 is 31.5 Å². The second-order valence-corrected chi connectivity index (χ2v) is 4.94. The van der Waals surface area contributed by atoms with Crippen molar-refractivity contribution in [2.24, 2.45) is 0 Å².